The molecule has 1 aromatic carbocycles. The van der Waals surface area contributed by atoms with Gasteiger partial charge in [-0.2, -0.15) is 0 Å². The number of aromatic nitrogens is 1. The lowest BCUT2D eigenvalue weighted by molar-refractivity contribution is 0.0927. The largest absolute Gasteiger partial charge is 0.383 e. The van der Waals surface area contributed by atoms with Crippen LogP contribution in [0.4, 0.5) is 4.39 Å². The van der Waals surface area contributed by atoms with Gasteiger partial charge in [0.1, 0.15) is 11.5 Å². The van der Waals surface area contributed by atoms with Gasteiger partial charge in [0.15, 0.2) is 0 Å². The van der Waals surface area contributed by atoms with E-state index >= 15 is 0 Å². The number of ether oxygens (including phenoxy) is 1. The van der Waals surface area contributed by atoms with Crippen LogP contribution in [0.2, 0.25) is 0 Å². The molecule has 0 spiro atoms. The van der Waals surface area contributed by atoms with Gasteiger partial charge in [-0.15, -0.1) is 0 Å². The highest BCUT2D eigenvalue weighted by Gasteiger charge is 2.17. The molecule has 0 bridgehead atoms. The summed E-state index contributed by atoms with van der Waals surface area (Å²) in [6, 6.07) is 8.31. The first-order chi connectivity index (χ1) is 10.5. The molecule has 0 saturated heterocycles. The Hall–Kier alpha value is -2.14. The van der Waals surface area contributed by atoms with Crippen molar-refractivity contribution in [3.8, 4) is 0 Å². The number of carbonyl (C=O) groups excluding carboxylic acids is 1. The molecule has 1 aromatic heterocycles. The number of hydrogen-bond donors (Lipinski definition) is 1. The van der Waals surface area contributed by atoms with Crippen molar-refractivity contribution < 1.29 is 13.9 Å². The number of methoxy groups -OCH3 is 1. The quantitative estimate of drug-likeness (QED) is 0.834. The summed E-state index contributed by atoms with van der Waals surface area (Å²) in [5, 5.41) is 2.84. The first-order valence-electron chi connectivity index (χ1n) is 7.21. The fourth-order valence-corrected chi connectivity index (χ4v) is 2.48. The number of aryl methyl sites for hydroxylation is 2. The van der Waals surface area contributed by atoms with E-state index in [0.717, 1.165) is 16.8 Å². The maximum absolute atomic E-state index is 13.0. The molecule has 1 N–H and O–H groups in total. The van der Waals surface area contributed by atoms with E-state index in [0.29, 0.717) is 25.4 Å². The molecule has 4 nitrogen and oxygen atoms in total. The molecule has 0 aliphatic rings. The number of hydrogen-bond acceptors (Lipinski definition) is 2. The standard InChI is InChI=1S/C17H21FN2O2/c1-12-10-13(2)20(11-14-4-6-15(18)7-5-14)16(12)17(21)19-8-9-22-3/h4-7,10H,8-9,11H2,1-3H3,(H,19,21). The van der Waals surface area contributed by atoms with Gasteiger partial charge in [0.25, 0.3) is 5.91 Å². The van der Waals surface area contributed by atoms with Gasteiger partial charge in [0.05, 0.1) is 6.61 Å². The van der Waals surface area contributed by atoms with Gasteiger partial charge < -0.3 is 14.6 Å². The second kappa shape index (κ2) is 7.22. The number of rotatable bonds is 6. The highest BCUT2D eigenvalue weighted by Crippen LogP contribution is 2.17. The molecule has 0 atom stereocenters. The van der Waals surface area contributed by atoms with E-state index in [9.17, 15) is 9.18 Å². The van der Waals surface area contributed by atoms with Crippen LogP contribution >= 0.6 is 0 Å². The van der Waals surface area contributed by atoms with Crippen molar-refractivity contribution in [1.82, 2.24) is 9.88 Å². The van der Waals surface area contributed by atoms with Gasteiger partial charge in [-0.05, 0) is 43.2 Å². The first kappa shape index (κ1) is 16.2. The normalized spacial score (nSPS) is 10.7. The summed E-state index contributed by atoms with van der Waals surface area (Å²) < 4.78 is 19.9. The Kier molecular flexibility index (Phi) is 5.33. The smallest absolute Gasteiger partial charge is 0.268 e. The van der Waals surface area contributed by atoms with E-state index in [2.05, 4.69) is 5.32 Å². The number of carbonyl (C=O) groups is 1. The van der Waals surface area contributed by atoms with E-state index in [4.69, 9.17) is 4.74 Å². The molecule has 0 aliphatic carbocycles. The van der Waals surface area contributed by atoms with Crippen LogP contribution in [0.25, 0.3) is 0 Å². The SMILES string of the molecule is COCCNC(=O)c1c(C)cc(C)n1Cc1ccc(F)cc1. The Balaban J connectivity index is 2.23. The minimum atomic E-state index is -0.262. The van der Waals surface area contributed by atoms with Gasteiger partial charge in [-0.25, -0.2) is 4.39 Å². The maximum atomic E-state index is 13.0. The predicted octanol–water partition coefficient (Wildman–Crippen LogP) is 2.67. The zero-order valence-corrected chi connectivity index (χ0v) is 13.1. The summed E-state index contributed by atoms with van der Waals surface area (Å²) in [5.41, 5.74) is 3.51. The van der Waals surface area contributed by atoms with E-state index < -0.39 is 0 Å². The summed E-state index contributed by atoms with van der Waals surface area (Å²) in [5.74, 6) is -0.383. The van der Waals surface area contributed by atoms with Crippen molar-refractivity contribution in [2.24, 2.45) is 0 Å². The summed E-state index contributed by atoms with van der Waals surface area (Å²) in [4.78, 5) is 12.4. The summed E-state index contributed by atoms with van der Waals surface area (Å²) in [6.45, 7) is 5.35. The zero-order chi connectivity index (χ0) is 16.1. The van der Waals surface area contributed by atoms with E-state index in [1.165, 1.54) is 12.1 Å². The number of amides is 1. The Labute approximate surface area is 129 Å². The van der Waals surface area contributed by atoms with Crippen molar-refractivity contribution in [2.45, 2.75) is 20.4 Å². The molecule has 2 aromatic rings. The van der Waals surface area contributed by atoms with Crippen LogP contribution in [-0.4, -0.2) is 30.7 Å². The minimum Gasteiger partial charge on any atom is -0.383 e. The minimum absolute atomic E-state index is 0.121. The lowest BCUT2D eigenvalue weighted by Gasteiger charge is -2.13. The molecule has 1 heterocycles. The highest BCUT2D eigenvalue weighted by molar-refractivity contribution is 5.94. The van der Waals surface area contributed by atoms with E-state index in [1.807, 2.05) is 24.5 Å². The number of halogens is 1. The highest BCUT2D eigenvalue weighted by atomic mass is 19.1. The van der Waals surface area contributed by atoms with Crippen LogP contribution in [0.3, 0.4) is 0 Å². The number of benzene rings is 1. The molecular formula is C17H21FN2O2. The van der Waals surface area contributed by atoms with Crippen molar-refractivity contribution in [3.05, 3.63) is 58.7 Å². The molecule has 1 amide bonds. The summed E-state index contributed by atoms with van der Waals surface area (Å²) in [7, 11) is 1.60. The fourth-order valence-electron chi connectivity index (χ4n) is 2.48. The van der Waals surface area contributed by atoms with Crippen molar-refractivity contribution in [2.75, 3.05) is 20.3 Å². The van der Waals surface area contributed by atoms with Crippen LogP contribution in [0.15, 0.2) is 30.3 Å². The molecular weight excluding hydrogens is 283 g/mol. The van der Waals surface area contributed by atoms with Crippen molar-refractivity contribution in [3.63, 3.8) is 0 Å². The Bertz CT molecular complexity index is 647. The molecule has 0 saturated carbocycles. The van der Waals surface area contributed by atoms with Crippen LogP contribution in [0.5, 0.6) is 0 Å². The average molecular weight is 304 g/mol. The third kappa shape index (κ3) is 3.74. The monoisotopic (exact) mass is 304 g/mol. The van der Waals surface area contributed by atoms with Crippen LogP contribution in [0, 0.1) is 19.7 Å². The third-order valence-corrected chi connectivity index (χ3v) is 3.56. The molecule has 0 fully saturated rings. The van der Waals surface area contributed by atoms with E-state index in [1.54, 1.807) is 19.2 Å². The Morgan fingerprint density at radius 3 is 2.59 bits per heavy atom. The van der Waals surface area contributed by atoms with Gasteiger partial charge in [0.2, 0.25) is 0 Å². The number of nitrogens with one attached hydrogen (secondary N) is 1. The maximum Gasteiger partial charge on any atom is 0.268 e. The molecule has 0 unspecified atom stereocenters. The molecule has 2 rings (SSSR count). The lowest BCUT2D eigenvalue weighted by atomic mass is 10.2. The Morgan fingerprint density at radius 1 is 1.27 bits per heavy atom. The second-order valence-electron chi connectivity index (χ2n) is 5.28. The molecule has 0 radical (unpaired) electrons. The van der Waals surface area contributed by atoms with Crippen LogP contribution < -0.4 is 5.32 Å². The topological polar surface area (TPSA) is 43.3 Å². The van der Waals surface area contributed by atoms with Crippen LogP contribution in [-0.2, 0) is 11.3 Å². The van der Waals surface area contributed by atoms with Gasteiger partial charge >= 0.3 is 0 Å². The molecule has 118 valence electrons. The van der Waals surface area contributed by atoms with E-state index in [-0.39, 0.29) is 11.7 Å². The summed E-state index contributed by atoms with van der Waals surface area (Å²) >= 11 is 0. The van der Waals surface area contributed by atoms with Crippen molar-refractivity contribution >= 4 is 5.91 Å². The Morgan fingerprint density at radius 2 is 1.95 bits per heavy atom. The lowest BCUT2D eigenvalue weighted by Crippen LogP contribution is -2.29. The van der Waals surface area contributed by atoms with Crippen LogP contribution in [0.1, 0.15) is 27.3 Å². The number of nitrogens with zero attached hydrogens (tertiary/aromatic N) is 1. The third-order valence-electron chi connectivity index (χ3n) is 3.56. The average Bonchev–Trinajstić information content (AvgIpc) is 2.76. The van der Waals surface area contributed by atoms with Gasteiger partial charge in [0, 0.05) is 25.9 Å². The molecule has 5 heteroatoms. The fraction of sp³-hybridized carbons (Fsp3) is 0.353. The predicted molar refractivity (Wildman–Crippen MR) is 83.6 cm³/mol. The second-order valence-corrected chi connectivity index (χ2v) is 5.28. The van der Waals surface area contributed by atoms with Gasteiger partial charge in [-0.1, -0.05) is 12.1 Å². The van der Waals surface area contributed by atoms with Crippen molar-refractivity contribution in [1.29, 1.82) is 0 Å². The van der Waals surface area contributed by atoms with Gasteiger partial charge in [-0.3, -0.25) is 4.79 Å². The summed E-state index contributed by atoms with van der Waals surface area (Å²) in [6.07, 6.45) is 0. The molecule has 22 heavy (non-hydrogen) atoms. The molecule has 0 aliphatic heterocycles. The first-order valence-corrected chi connectivity index (χ1v) is 7.21. The zero-order valence-electron chi connectivity index (χ0n) is 13.1.